The fraction of sp³-hybridized carbons (Fsp3) is 0.267. The zero-order valence-electron chi connectivity index (χ0n) is 10.4. The molecule has 0 bridgehead atoms. The van der Waals surface area contributed by atoms with Crippen molar-refractivity contribution in [1.29, 1.82) is 0 Å². The summed E-state index contributed by atoms with van der Waals surface area (Å²) in [5.41, 5.74) is 2.27. The van der Waals surface area contributed by atoms with E-state index in [4.69, 9.17) is 0 Å². The van der Waals surface area contributed by atoms with Crippen LogP contribution in [0.2, 0.25) is 0 Å². The van der Waals surface area contributed by atoms with Crippen LogP contribution in [-0.4, -0.2) is 10.3 Å². The van der Waals surface area contributed by atoms with Gasteiger partial charge >= 0.3 is 0 Å². The fourth-order valence-corrected chi connectivity index (χ4v) is 2.32. The van der Waals surface area contributed by atoms with Crippen molar-refractivity contribution in [3.63, 3.8) is 0 Å². The number of aryl methyl sites for hydroxylation is 1. The van der Waals surface area contributed by atoms with E-state index in [0.29, 0.717) is 6.54 Å². The molecular weight excluding hydrogens is 242 g/mol. The molecule has 94 valence electrons. The van der Waals surface area contributed by atoms with Crippen LogP contribution in [0.25, 0.3) is 0 Å². The molecule has 3 heteroatoms. The Labute approximate surface area is 113 Å². The first kappa shape index (κ1) is 13.0. The minimum absolute atomic E-state index is 0.0534. The van der Waals surface area contributed by atoms with Gasteiger partial charge in [0.25, 0.3) is 5.56 Å². The number of hydrogen-bond acceptors (Lipinski definition) is 2. The summed E-state index contributed by atoms with van der Waals surface area (Å²) in [4.78, 5) is 11.9. The molecule has 0 amide bonds. The van der Waals surface area contributed by atoms with Crippen molar-refractivity contribution in [2.24, 2.45) is 0 Å². The smallest absolute Gasteiger partial charge is 0.250 e. The molecule has 0 saturated heterocycles. The van der Waals surface area contributed by atoms with E-state index >= 15 is 0 Å². The Morgan fingerprint density at radius 1 is 1.22 bits per heavy atom. The number of rotatable bonds is 4. The number of aromatic nitrogens is 1. The number of hydrogen-bond donors (Lipinski definition) is 1. The first-order valence-electron chi connectivity index (χ1n) is 6.03. The predicted octanol–water partition coefficient (Wildman–Crippen LogP) is 2.87. The van der Waals surface area contributed by atoms with Gasteiger partial charge in [0.2, 0.25) is 0 Å². The molecule has 1 unspecified atom stereocenters. The Morgan fingerprint density at radius 3 is 2.56 bits per heavy atom. The van der Waals surface area contributed by atoms with Crippen molar-refractivity contribution < 1.29 is 0 Å². The van der Waals surface area contributed by atoms with Crippen LogP contribution >= 0.6 is 12.6 Å². The first-order valence-corrected chi connectivity index (χ1v) is 6.67. The standard InChI is InChI=1S/C15H17NOS/c1-12-7-8-16(15(17)9-12)10-14(11-18)13-5-3-2-4-6-13/h2-9,14,18H,10-11H2,1H3. The van der Waals surface area contributed by atoms with Crippen molar-refractivity contribution in [3.05, 3.63) is 70.1 Å². The maximum atomic E-state index is 11.9. The molecule has 0 radical (unpaired) electrons. The summed E-state index contributed by atoms with van der Waals surface area (Å²) in [5, 5.41) is 0. The maximum Gasteiger partial charge on any atom is 0.250 e. The number of benzene rings is 1. The quantitative estimate of drug-likeness (QED) is 0.838. The molecule has 1 aromatic heterocycles. The minimum atomic E-state index is 0.0534. The highest BCUT2D eigenvalue weighted by molar-refractivity contribution is 7.80. The largest absolute Gasteiger partial charge is 0.315 e. The third-order valence-corrected chi connectivity index (χ3v) is 3.50. The molecule has 1 heterocycles. The van der Waals surface area contributed by atoms with Crippen molar-refractivity contribution in [2.45, 2.75) is 19.4 Å². The monoisotopic (exact) mass is 259 g/mol. The number of pyridine rings is 1. The molecule has 0 saturated carbocycles. The highest BCUT2D eigenvalue weighted by Crippen LogP contribution is 2.18. The van der Waals surface area contributed by atoms with Crippen molar-refractivity contribution in [2.75, 3.05) is 5.75 Å². The minimum Gasteiger partial charge on any atom is -0.315 e. The molecule has 0 aliphatic carbocycles. The maximum absolute atomic E-state index is 11.9. The Balaban J connectivity index is 2.23. The molecular formula is C15H17NOS. The summed E-state index contributed by atoms with van der Waals surface area (Å²) in [6.45, 7) is 2.60. The lowest BCUT2D eigenvalue weighted by Crippen LogP contribution is -2.23. The SMILES string of the molecule is Cc1ccn(CC(CS)c2ccccc2)c(=O)c1. The van der Waals surface area contributed by atoms with E-state index in [9.17, 15) is 4.79 Å². The molecule has 18 heavy (non-hydrogen) atoms. The number of thiol groups is 1. The van der Waals surface area contributed by atoms with Crippen LogP contribution in [0.5, 0.6) is 0 Å². The third kappa shape index (κ3) is 3.05. The van der Waals surface area contributed by atoms with Crippen LogP contribution in [0.3, 0.4) is 0 Å². The third-order valence-electron chi connectivity index (χ3n) is 3.06. The topological polar surface area (TPSA) is 22.0 Å². The zero-order valence-corrected chi connectivity index (χ0v) is 11.3. The Morgan fingerprint density at radius 2 is 1.94 bits per heavy atom. The summed E-state index contributed by atoms with van der Waals surface area (Å²) in [5.74, 6) is 0.986. The summed E-state index contributed by atoms with van der Waals surface area (Å²) in [7, 11) is 0. The van der Waals surface area contributed by atoms with E-state index < -0.39 is 0 Å². The van der Waals surface area contributed by atoms with Crippen LogP contribution in [0.15, 0.2) is 53.5 Å². The summed E-state index contributed by atoms with van der Waals surface area (Å²) < 4.78 is 1.75. The second kappa shape index (κ2) is 5.91. The zero-order chi connectivity index (χ0) is 13.0. The van der Waals surface area contributed by atoms with E-state index in [1.54, 1.807) is 10.6 Å². The molecule has 0 fully saturated rings. The molecule has 2 aromatic rings. The molecule has 2 nitrogen and oxygen atoms in total. The predicted molar refractivity (Wildman–Crippen MR) is 78.5 cm³/mol. The molecule has 0 aliphatic rings. The second-order valence-electron chi connectivity index (χ2n) is 4.48. The van der Waals surface area contributed by atoms with E-state index in [1.165, 1.54) is 5.56 Å². The van der Waals surface area contributed by atoms with Crippen LogP contribution < -0.4 is 5.56 Å². The van der Waals surface area contributed by atoms with Gasteiger partial charge in [-0.05, 0) is 29.9 Å². The average Bonchev–Trinajstić information content (AvgIpc) is 2.39. The van der Waals surface area contributed by atoms with Crippen LogP contribution in [0.1, 0.15) is 17.0 Å². The second-order valence-corrected chi connectivity index (χ2v) is 4.85. The lowest BCUT2D eigenvalue weighted by atomic mass is 10.0. The van der Waals surface area contributed by atoms with Crippen molar-refractivity contribution in [1.82, 2.24) is 4.57 Å². The van der Waals surface area contributed by atoms with Gasteiger partial charge in [0, 0.05) is 24.7 Å². The molecule has 0 N–H and O–H groups in total. The number of nitrogens with zero attached hydrogens (tertiary/aromatic N) is 1. The lowest BCUT2D eigenvalue weighted by molar-refractivity contribution is 0.587. The lowest BCUT2D eigenvalue weighted by Gasteiger charge is -2.16. The molecule has 2 rings (SSSR count). The molecule has 0 aliphatic heterocycles. The average molecular weight is 259 g/mol. The van der Waals surface area contributed by atoms with E-state index in [0.717, 1.165) is 11.3 Å². The molecule has 1 aromatic carbocycles. The van der Waals surface area contributed by atoms with Crippen LogP contribution in [0.4, 0.5) is 0 Å². The van der Waals surface area contributed by atoms with Gasteiger partial charge in [-0.15, -0.1) is 0 Å². The van der Waals surface area contributed by atoms with E-state index in [1.807, 2.05) is 37.4 Å². The van der Waals surface area contributed by atoms with Gasteiger partial charge in [-0.1, -0.05) is 30.3 Å². The van der Waals surface area contributed by atoms with Crippen molar-refractivity contribution >= 4 is 12.6 Å². The van der Waals surface area contributed by atoms with Crippen LogP contribution in [-0.2, 0) is 6.54 Å². The summed E-state index contributed by atoms with van der Waals surface area (Å²) >= 11 is 4.40. The Bertz CT molecular complexity index is 562. The van der Waals surface area contributed by atoms with Gasteiger partial charge in [0.15, 0.2) is 0 Å². The fourth-order valence-electron chi connectivity index (χ4n) is 1.99. The highest BCUT2D eigenvalue weighted by Gasteiger charge is 2.10. The summed E-state index contributed by atoms with van der Waals surface area (Å²) in [6, 6.07) is 13.8. The normalized spacial score (nSPS) is 12.3. The summed E-state index contributed by atoms with van der Waals surface area (Å²) in [6.07, 6.45) is 1.86. The first-order chi connectivity index (χ1) is 8.70. The molecule has 1 atom stereocenters. The van der Waals surface area contributed by atoms with E-state index in [-0.39, 0.29) is 11.5 Å². The Hall–Kier alpha value is -1.48. The van der Waals surface area contributed by atoms with Crippen LogP contribution in [0, 0.1) is 6.92 Å². The van der Waals surface area contributed by atoms with Gasteiger partial charge in [-0.25, -0.2) is 0 Å². The Kier molecular flexibility index (Phi) is 4.26. The molecule has 0 spiro atoms. The van der Waals surface area contributed by atoms with Gasteiger partial charge in [-0.3, -0.25) is 4.79 Å². The van der Waals surface area contributed by atoms with Gasteiger partial charge in [-0.2, -0.15) is 12.6 Å². The van der Waals surface area contributed by atoms with Crippen molar-refractivity contribution in [3.8, 4) is 0 Å². The van der Waals surface area contributed by atoms with Gasteiger partial charge in [0.1, 0.15) is 0 Å². The highest BCUT2D eigenvalue weighted by atomic mass is 32.1. The van der Waals surface area contributed by atoms with E-state index in [2.05, 4.69) is 24.8 Å². The van der Waals surface area contributed by atoms with Gasteiger partial charge < -0.3 is 4.57 Å². The van der Waals surface area contributed by atoms with Gasteiger partial charge in [0.05, 0.1) is 0 Å².